The highest BCUT2D eigenvalue weighted by Crippen LogP contribution is 2.37. The zero-order valence-electron chi connectivity index (χ0n) is 19.4. The number of carbonyl (C=O) groups excluding carboxylic acids is 2. The van der Waals surface area contributed by atoms with E-state index in [-0.39, 0.29) is 5.57 Å². The maximum atomic E-state index is 12.8. The van der Waals surface area contributed by atoms with Crippen molar-refractivity contribution in [1.29, 1.82) is 0 Å². The predicted molar refractivity (Wildman–Crippen MR) is 135 cm³/mol. The summed E-state index contributed by atoms with van der Waals surface area (Å²) < 4.78 is 17.0. The maximum absolute atomic E-state index is 12.8. The molecule has 3 aromatic rings. The summed E-state index contributed by atoms with van der Waals surface area (Å²) in [6.07, 6.45) is 2.12. The number of amides is 2. The van der Waals surface area contributed by atoms with Crippen molar-refractivity contribution in [2.45, 2.75) is 13.3 Å². The second-order valence-corrected chi connectivity index (χ2v) is 8.28. The molecule has 1 saturated heterocycles. The van der Waals surface area contributed by atoms with Gasteiger partial charge in [-0.1, -0.05) is 41.9 Å². The van der Waals surface area contributed by atoms with Crippen LogP contribution in [-0.4, -0.2) is 32.1 Å². The van der Waals surface area contributed by atoms with Crippen molar-refractivity contribution in [3.05, 3.63) is 88.5 Å². The van der Waals surface area contributed by atoms with Crippen molar-refractivity contribution in [2.75, 3.05) is 25.3 Å². The first-order chi connectivity index (χ1) is 17.0. The molecule has 8 heteroatoms. The van der Waals surface area contributed by atoms with Crippen LogP contribution in [0.15, 0.2) is 72.3 Å². The molecule has 0 atom stereocenters. The summed E-state index contributed by atoms with van der Waals surface area (Å²) >= 11 is 6.46. The second-order valence-electron chi connectivity index (χ2n) is 7.88. The van der Waals surface area contributed by atoms with Crippen LogP contribution in [0.3, 0.4) is 0 Å². The Morgan fingerprint density at radius 2 is 1.74 bits per heavy atom. The van der Waals surface area contributed by atoms with Gasteiger partial charge in [0.2, 0.25) is 0 Å². The van der Waals surface area contributed by atoms with Crippen molar-refractivity contribution < 1.29 is 23.8 Å². The summed E-state index contributed by atoms with van der Waals surface area (Å²) in [5, 5.41) is 1.52. The van der Waals surface area contributed by atoms with Gasteiger partial charge in [0.15, 0.2) is 11.5 Å². The molecule has 3 aromatic carbocycles. The molecule has 1 aliphatic rings. The average molecular weight is 493 g/mol. The summed E-state index contributed by atoms with van der Waals surface area (Å²) in [7, 11) is 1.50. The van der Waals surface area contributed by atoms with E-state index >= 15 is 0 Å². The van der Waals surface area contributed by atoms with Gasteiger partial charge in [-0.15, -0.1) is 0 Å². The van der Waals surface area contributed by atoms with E-state index in [9.17, 15) is 9.59 Å². The van der Waals surface area contributed by atoms with Gasteiger partial charge in [0, 0.05) is 6.42 Å². The molecule has 0 aliphatic carbocycles. The van der Waals surface area contributed by atoms with E-state index in [1.165, 1.54) is 18.2 Å². The third-order valence-corrected chi connectivity index (χ3v) is 5.54. The van der Waals surface area contributed by atoms with Gasteiger partial charge in [-0.05, 0) is 60.5 Å². The summed E-state index contributed by atoms with van der Waals surface area (Å²) in [5.41, 5.74) is 4.81. The minimum atomic E-state index is -0.497. The molecular formula is C27H25ClN2O5. The van der Waals surface area contributed by atoms with Gasteiger partial charge in [-0.2, -0.15) is 0 Å². The fourth-order valence-electron chi connectivity index (χ4n) is 3.57. The van der Waals surface area contributed by atoms with Crippen LogP contribution in [0, 0.1) is 6.92 Å². The Balaban J connectivity index is 1.42. The van der Waals surface area contributed by atoms with Gasteiger partial charge < -0.3 is 14.2 Å². The Bertz CT molecular complexity index is 1260. The van der Waals surface area contributed by atoms with E-state index in [1.54, 1.807) is 36.4 Å². The van der Waals surface area contributed by atoms with E-state index in [0.717, 1.165) is 11.3 Å². The zero-order chi connectivity index (χ0) is 24.8. The standard InChI is InChI=1S/C27H25ClN2O5/c1-18-8-6-11-21(14-18)34-12-7-13-35-25-23(28)16-19(17-24(25)33-2)15-22-26(31)29-30(27(22)32)20-9-4-3-5-10-20/h3-6,8-11,14-17H,7,12-13H2,1-2H3,(H,29,31). The number of nitrogens with one attached hydrogen (secondary N) is 1. The van der Waals surface area contributed by atoms with Crippen LogP contribution in [0.2, 0.25) is 5.02 Å². The molecule has 1 fully saturated rings. The molecule has 2 amide bonds. The Labute approximate surface area is 208 Å². The van der Waals surface area contributed by atoms with Gasteiger partial charge in [0.05, 0.1) is 31.0 Å². The highest BCUT2D eigenvalue weighted by molar-refractivity contribution is 6.33. The number of halogens is 1. The smallest absolute Gasteiger partial charge is 0.282 e. The third kappa shape index (κ3) is 5.75. The van der Waals surface area contributed by atoms with E-state index in [4.69, 9.17) is 25.8 Å². The number of hydrogen-bond donors (Lipinski definition) is 1. The predicted octanol–water partition coefficient (Wildman–Crippen LogP) is 4.97. The molecule has 4 rings (SSSR count). The number of carbonyl (C=O) groups is 2. The number of methoxy groups -OCH3 is 1. The van der Waals surface area contributed by atoms with Gasteiger partial charge in [-0.3, -0.25) is 15.0 Å². The van der Waals surface area contributed by atoms with E-state index in [0.29, 0.717) is 47.4 Å². The Kier molecular flexibility index (Phi) is 7.57. The molecule has 0 aromatic heterocycles. The first-order valence-electron chi connectivity index (χ1n) is 11.1. The van der Waals surface area contributed by atoms with Crippen LogP contribution in [0.1, 0.15) is 17.5 Å². The minimum absolute atomic E-state index is 0.00561. The zero-order valence-corrected chi connectivity index (χ0v) is 20.2. The molecule has 0 saturated carbocycles. The van der Waals surface area contributed by atoms with Crippen LogP contribution in [-0.2, 0) is 9.59 Å². The third-order valence-electron chi connectivity index (χ3n) is 5.26. The number of ether oxygens (including phenoxy) is 3. The monoisotopic (exact) mass is 492 g/mol. The highest BCUT2D eigenvalue weighted by atomic mass is 35.5. The fourth-order valence-corrected chi connectivity index (χ4v) is 3.85. The lowest BCUT2D eigenvalue weighted by Gasteiger charge is -2.14. The van der Waals surface area contributed by atoms with Gasteiger partial charge >= 0.3 is 0 Å². The van der Waals surface area contributed by atoms with Gasteiger partial charge in [0.25, 0.3) is 11.8 Å². The number of aryl methyl sites for hydroxylation is 1. The van der Waals surface area contributed by atoms with Gasteiger partial charge in [-0.25, -0.2) is 5.01 Å². The molecular weight excluding hydrogens is 468 g/mol. The summed E-state index contributed by atoms with van der Waals surface area (Å²) in [5.74, 6) is 0.650. The SMILES string of the molecule is COc1cc(C=C2C(=O)NN(c3ccccc3)C2=O)cc(Cl)c1OCCCOc1cccc(C)c1. The topological polar surface area (TPSA) is 77.1 Å². The fraction of sp³-hybridized carbons (Fsp3) is 0.185. The lowest BCUT2D eigenvalue weighted by molar-refractivity contribution is -0.117. The van der Waals surface area contributed by atoms with Crippen LogP contribution in [0.5, 0.6) is 17.2 Å². The lowest BCUT2D eigenvalue weighted by atomic mass is 10.1. The quantitative estimate of drug-likeness (QED) is 0.259. The number of para-hydroxylation sites is 1. The minimum Gasteiger partial charge on any atom is -0.493 e. The average Bonchev–Trinajstić information content (AvgIpc) is 3.13. The Hall–Kier alpha value is -3.97. The van der Waals surface area contributed by atoms with E-state index in [2.05, 4.69) is 5.43 Å². The van der Waals surface area contributed by atoms with Crippen molar-refractivity contribution in [3.63, 3.8) is 0 Å². The number of hydrogen-bond acceptors (Lipinski definition) is 5. The van der Waals surface area contributed by atoms with Crippen LogP contribution in [0.4, 0.5) is 5.69 Å². The van der Waals surface area contributed by atoms with Gasteiger partial charge in [0.1, 0.15) is 11.3 Å². The number of anilines is 1. The number of hydrazine groups is 1. The molecule has 1 N–H and O–H groups in total. The van der Waals surface area contributed by atoms with Crippen molar-refractivity contribution >= 4 is 35.2 Å². The van der Waals surface area contributed by atoms with Crippen molar-refractivity contribution in [2.24, 2.45) is 0 Å². The van der Waals surface area contributed by atoms with E-state index < -0.39 is 11.8 Å². The van der Waals surface area contributed by atoms with Crippen molar-refractivity contribution in [3.8, 4) is 17.2 Å². The van der Waals surface area contributed by atoms with Crippen molar-refractivity contribution in [1.82, 2.24) is 5.43 Å². The largest absolute Gasteiger partial charge is 0.493 e. The lowest BCUT2D eigenvalue weighted by Crippen LogP contribution is -2.35. The Morgan fingerprint density at radius 1 is 0.971 bits per heavy atom. The first-order valence-corrected chi connectivity index (χ1v) is 11.5. The molecule has 180 valence electrons. The molecule has 7 nitrogen and oxygen atoms in total. The highest BCUT2D eigenvalue weighted by Gasteiger charge is 2.34. The summed E-state index contributed by atoms with van der Waals surface area (Å²) in [6, 6.07) is 20.0. The van der Waals surface area contributed by atoms with Crippen LogP contribution >= 0.6 is 11.6 Å². The van der Waals surface area contributed by atoms with Crippen LogP contribution in [0.25, 0.3) is 6.08 Å². The molecule has 0 radical (unpaired) electrons. The molecule has 0 unspecified atom stereocenters. The number of benzene rings is 3. The summed E-state index contributed by atoms with van der Waals surface area (Å²) in [4.78, 5) is 25.3. The first kappa shape index (κ1) is 24.2. The normalized spacial score (nSPS) is 14.3. The molecule has 1 heterocycles. The molecule has 0 bridgehead atoms. The maximum Gasteiger partial charge on any atom is 0.282 e. The molecule has 1 aliphatic heterocycles. The summed E-state index contributed by atoms with van der Waals surface area (Å²) in [6.45, 7) is 2.87. The number of nitrogens with zero attached hydrogens (tertiary/aromatic N) is 1. The van der Waals surface area contributed by atoms with E-state index in [1.807, 2.05) is 37.3 Å². The molecule has 35 heavy (non-hydrogen) atoms. The Morgan fingerprint density at radius 3 is 2.49 bits per heavy atom. The second kappa shape index (κ2) is 11.0. The molecule has 0 spiro atoms. The number of rotatable bonds is 9. The van der Waals surface area contributed by atoms with Crippen LogP contribution < -0.4 is 24.6 Å².